The minimum Gasteiger partial charge on any atom is -0.298 e. The third-order valence-corrected chi connectivity index (χ3v) is 6.35. The summed E-state index contributed by atoms with van der Waals surface area (Å²) in [7, 11) is -3.00. The van der Waals surface area contributed by atoms with Crippen molar-refractivity contribution < 1.29 is 8.42 Å². The molecular formula is C15H22N2O2S. The molecule has 2 fully saturated rings. The molecule has 2 aliphatic rings. The van der Waals surface area contributed by atoms with E-state index in [0.29, 0.717) is 24.9 Å². The summed E-state index contributed by atoms with van der Waals surface area (Å²) >= 11 is 0. The molecule has 5 heteroatoms. The summed E-state index contributed by atoms with van der Waals surface area (Å²) in [6, 6.07) is 10.5. The maximum atomic E-state index is 11.9. The topological polar surface area (TPSA) is 40.6 Å². The number of nitrogens with zero attached hydrogens (tertiary/aromatic N) is 2. The summed E-state index contributed by atoms with van der Waals surface area (Å²) in [5, 5.41) is 0. The van der Waals surface area contributed by atoms with Gasteiger partial charge in [-0.05, 0) is 24.3 Å². The van der Waals surface area contributed by atoms with Crippen molar-refractivity contribution in [3.05, 3.63) is 35.9 Å². The van der Waals surface area contributed by atoms with Gasteiger partial charge in [0, 0.05) is 32.7 Å². The SMILES string of the molecule is CCS(=O)(=O)N1C[C@H]2CN(Cc3ccccc3)C[C@H]2C1. The van der Waals surface area contributed by atoms with Crippen LogP contribution in [0.2, 0.25) is 0 Å². The van der Waals surface area contributed by atoms with Crippen LogP contribution in [0.4, 0.5) is 0 Å². The van der Waals surface area contributed by atoms with Gasteiger partial charge in [-0.25, -0.2) is 12.7 Å². The molecule has 1 aromatic carbocycles. The molecule has 0 spiro atoms. The van der Waals surface area contributed by atoms with E-state index in [1.54, 1.807) is 11.2 Å². The van der Waals surface area contributed by atoms with Gasteiger partial charge in [-0.3, -0.25) is 4.90 Å². The molecule has 0 aromatic heterocycles. The molecule has 20 heavy (non-hydrogen) atoms. The van der Waals surface area contributed by atoms with Crippen LogP contribution < -0.4 is 0 Å². The summed E-state index contributed by atoms with van der Waals surface area (Å²) in [6.07, 6.45) is 0. The molecular weight excluding hydrogens is 272 g/mol. The average molecular weight is 294 g/mol. The fourth-order valence-electron chi connectivity index (χ4n) is 3.43. The van der Waals surface area contributed by atoms with Crippen molar-refractivity contribution in [1.29, 1.82) is 0 Å². The lowest BCUT2D eigenvalue weighted by Crippen LogP contribution is -2.34. The molecule has 2 atom stereocenters. The van der Waals surface area contributed by atoms with Gasteiger partial charge in [0.15, 0.2) is 0 Å². The number of benzene rings is 1. The summed E-state index contributed by atoms with van der Waals surface area (Å²) in [4.78, 5) is 2.46. The zero-order chi connectivity index (χ0) is 14.2. The lowest BCUT2D eigenvalue weighted by Gasteiger charge is -2.20. The van der Waals surface area contributed by atoms with Crippen LogP contribution in [0.1, 0.15) is 12.5 Å². The van der Waals surface area contributed by atoms with E-state index >= 15 is 0 Å². The van der Waals surface area contributed by atoms with Gasteiger partial charge >= 0.3 is 0 Å². The highest BCUT2D eigenvalue weighted by Crippen LogP contribution is 2.33. The van der Waals surface area contributed by atoms with Crippen molar-refractivity contribution in [2.45, 2.75) is 13.5 Å². The van der Waals surface area contributed by atoms with Gasteiger partial charge in [-0.1, -0.05) is 30.3 Å². The summed E-state index contributed by atoms with van der Waals surface area (Å²) in [6.45, 7) is 6.18. The summed E-state index contributed by atoms with van der Waals surface area (Å²) in [5.74, 6) is 1.25. The fraction of sp³-hybridized carbons (Fsp3) is 0.600. The van der Waals surface area contributed by atoms with E-state index in [9.17, 15) is 8.42 Å². The Morgan fingerprint density at radius 2 is 1.65 bits per heavy atom. The van der Waals surface area contributed by atoms with E-state index in [1.807, 2.05) is 6.07 Å². The maximum absolute atomic E-state index is 11.9. The Labute approximate surface area is 121 Å². The molecule has 0 bridgehead atoms. The van der Waals surface area contributed by atoms with Crippen LogP contribution in [0.25, 0.3) is 0 Å². The molecule has 1 aromatic rings. The van der Waals surface area contributed by atoms with E-state index in [4.69, 9.17) is 0 Å². The quantitative estimate of drug-likeness (QED) is 0.843. The third-order valence-electron chi connectivity index (χ3n) is 4.54. The standard InChI is InChI=1S/C15H22N2O2S/c1-2-20(18,19)17-11-14-9-16(10-15(14)12-17)8-13-6-4-3-5-7-13/h3-7,14-15H,2,8-12H2,1H3/t14-,15+. The molecule has 0 N–H and O–H groups in total. The molecule has 0 radical (unpaired) electrons. The second-order valence-electron chi connectivity index (χ2n) is 5.92. The Morgan fingerprint density at radius 3 is 2.20 bits per heavy atom. The van der Waals surface area contributed by atoms with Gasteiger partial charge in [-0.15, -0.1) is 0 Å². The van der Waals surface area contributed by atoms with Crippen LogP contribution in [-0.2, 0) is 16.6 Å². The van der Waals surface area contributed by atoms with Gasteiger partial charge in [0.2, 0.25) is 10.0 Å². The molecule has 2 saturated heterocycles. The van der Waals surface area contributed by atoms with Gasteiger partial charge in [0.05, 0.1) is 5.75 Å². The average Bonchev–Trinajstić information content (AvgIpc) is 2.98. The molecule has 110 valence electrons. The van der Waals surface area contributed by atoms with Crippen LogP contribution >= 0.6 is 0 Å². The van der Waals surface area contributed by atoms with Crippen molar-refractivity contribution in [3.8, 4) is 0 Å². The van der Waals surface area contributed by atoms with E-state index in [0.717, 1.165) is 19.6 Å². The molecule has 0 unspecified atom stereocenters. The molecule has 3 rings (SSSR count). The first kappa shape index (κ1) is 14.0. The fourth-order valence-corrected chi connectivity index (χ4v) is 4.63. The van der Waals surface area contributed by atoms with E-state index < -0.39 is 10.0 Å². The zero-order valence-corrected chi connectivity index (χ0v) is 12.7. The van der Waals surface area contributed by atoms with Crippen LogP contribution in [-0.4, -0.2) is 49.6 Å². The highest BCUT2D eigenvalue weighted by Gasteiger charge is 2.43. The van der Waals surface area contributed by atoms with Crippen LogP contribution in [0, 0.1) is 11.8 Å². The van der Waals surface area contributed by atoms with E-state index in [-0.39, 0.29) is 5.75 Å². The van der Waals surface area contributed by atoms with Crippen molar-refractivity contribution in [3.63, 3.8) is 0 Å². The molecule has 2 heterocycles. The first-order valence-corrected chi connectivity index (χ1v) is 8.93. The second kappa shape index (κ2) is 5.47. The zero-order valence-electron chi connectivity index (χ0n) is 11.9. The Morgan fingerprint density at radius 1 is 1.05 bits per heavy atom. The highest BCUT2D eigenvalue weighted by atomic mass is 32.2. The number of hydrogen-bond acceptors (Lipinski definition) is 3. The first-order chi connectivity index (χ1) is 9.58. The Hall–Kier alpha value is -0.910. The second-order valence-corrected chi connectivity index (χ2v) is 8.17. The number of rotatable bonds is 4. The Kier molecular flexibility index (Phi) is 3.84. The highest BCUT2D eigenvalue weighted by molar-refractivity contribution is 7.89. The van der Waals surface area contributed by atoms with Crippen LogP contribution in [0.3, 0.4) is 0 Å². The number of likely N-dealkylation sites (tertiary alicyclic amines) is 1. The minimum absolute atomic E-state index is 0.222. The van der Waals surface area contributed by atoms with Crippen molar-refractivity contribution in [2.24, 2.45) is 11.8 Å². The maximum Gasteiger partial charge on any atom is 0.213 e. The predicted molar refractivity (Wildman–Crippen MR) is 79.7 cm³/mol. The molecule has 2 aliphatic heterocycles. The Bertz CT molecular complexity index is 544. The number of fused-ring (bicyclic) bond motifs is 1. The first-order valence-electron chi connectivity index (χ1n) is 7.32. The summed E-state index contributed by atoms with van der Waals surface area (Å²) in [5.41, 5.74) is 1.34. The Balaban J connectivity index is 1.59. The minimum atomic E-state index is -3.00. The molecule has 0 aliphatic carbocycles. The normalized spacial score (nSPS) is 27.9. The van der Waals surface area contributed by atoms with Crippen molar-refractivity contribution >= 4 is 10.0 Å². The summed E-state index contributed by atoms with van der Waals surface area (Å²) < 4.78 is 25.5. The van der Waals surface area contributed by atoms with Crippen molar-refractivity contribution in [1.82, 2.24) is 9.21 Å². The molecule has 4 nitrogen and oxygen atoms in total. The van der Waals surface area contributed by atoms with Crippen LogP contribution in [0.5, 0.6) is 0 Å². The lowest BCUT2D eigenvalue weighted by atomic mass is 10.0. The molecule has 0 amide bonds. The van der Waals surface area contributed by atoms with E-state index in [1.165, 1.54) is 5.56 Å². The van der Waals surface area contributed by atoms with Gasteiger partial charge < -0.3 is 0 Å². The van der Waals surface area contributed by atoms with Gasteiger partial charge in [0.1, 0.15) is 0 Å². The smallest absolute Gasteiger partial charge is 0.213 e. The largest absolute Gasteiger partial charge is 0.298 e. The number of sulfonamides is 1. The third kappa shape index (κ3) is 2.75. The van der Waals surface area contributed by atoms with Gasteiger partial charge in [0.25, 0.3) is 0 Å². The molecule has 0 saturated carbocycles. The van der Waals surface area contributed by atoms with Gasteiger partial charge in [-0.2, -0.15) is 0 Å². The van der Waals surface area contributed by atoms with E-state index in [2.05, 4.69) is 29.2 Å². The number of hydrogen-bond donors (Lipinski definition) is 0. The lowest BCUT2D eigenvalue weighted by molar-refractivity contribution is 0.290. The van der Waals surface area contributed by atoms with Crippen molar-refractivity contribution in [2.75, 3.05) is 31.9 Å². The van der Waals surface area contributed by atoms with Crippen LogP contribution in [0.15, 0.2) is 30.3 Å². The monoisotopic (exact) mass is 294 g/mol. The predicted octanol–water partition coefficient (Wildman–Crippen LogP) is 1.40.